The maximum Gasteiger partial charge on any atom is 0.335 e. The second-order valence-corrected chi connectivity index (χ2v) is 21.3. The van der Waals surface area contributed by atoms with Gasteiger partial charge >= 0.3 is 29.1 Å². The summed E-state index contributed by atoms with van der Waals surface area (Å²) >= 11 is 0. The number of carbonyl (C=O) groups excluding carboxylic acids is 2. The lowest BCUT2D eigenvalue weighted by Gasteiger charge is -2.46. The second-order valence-electron chi connectivity index (χ2n) is 12.5. The van der Waals surface area contributed by atoms with Gasteiger partial charge in [0.15, 0.2) is 17.6 Å². The smallest absolute Gasteiger partial charge is 0.335 e. The summed E-state index contributed by atoms with van der Waals surface area (Å²) in [5, 5.41) is 34.0. The standard InChI is InChI=1S/C30H48O11Si2/c1-16(2)42(17(3)4)39-29-26(34)25(33)28(27(35)30(29)40-43(41-42,18(5)6)19(7)8)38-24(32)14-12-21-11-13-22(37-20(9)31)23(15-21)36-10/h11-19,25-30,33-35H,1-10H3/b14-12+/t25-,26-,27+,28+,29+,30+/m0/s1. The third kappa shape index (κ3) is 7.09. The fourth-order valence-corrected chi connectivity index (χ4v) is 17.3. The molecule has 0 radical (unpaired) electrons. The molecule has 1 heterocycles. The molecule has 2 aliphatic rings. The van der Waals surface area contributed by atoms with E-state index in [4.69, 9.17) is 27.2 Å². The van der Waals surface area contributed by atoms with Crippen LogP contribution in [-0.2, 0) is 27.3 Å². The van der Waals surface area contributed by atoms with Crippen LogP contribution in [0.2, 0.25) is 22.2 Å². The minimum atomic E-state index is -3.12. The molecule has 1 saturated heterocycles. The highest BCUT2D eigenvalue weighted by Gasteiger charge is 2.65. The molecule has 6 atom stereocenters. The van der Waals surface area contributed by atoms with Gasteiger partial charge in [-0.3, -0.25) is 4.79 Å². The minimum Gasteiger partial charge on any atom is -0.493 e. The molecule has 13 heteroatoms. The molecule has 1 aromatic rings. The molecule has 1 saturated carbocycles. The van der Waals surface area contributed by atoms with Crippen molar-refractivity contribution in [1.82, 2.24) is 0 Å². The van der Waals surface area contributed by atoms with E-state index in [1.54, 1.807) is 12.1 Å². The predicted octanol–water partition coefficient (Wildman–Crippen LogP) is 3.97. The van der Waals surface area contributed by atoms with Gasteiger partial charge in [-0.1, -0.05) is 61.5 Å². The van der Waals surface area contributed by atoms with Gasteiger partial charge in [-0.25, -0.2) is 4.79 Å². The van der Waals surface area contributed by atoms with E-state index in [9.17, 15) is 24.9 Å². The van der Waals surface area contributed by atoms with E-state index in [1.807, 2.05) is 55.4 Å². The predicted molar refractivity (Wildman–Crippen MR) is 164 cm³/mol. The van der Waals surface area contributed by atoms with Gasteiger partial charge in [-0.05, 0) is 45.9 Å². The number of hydrogen-bond donors (Lipinski definition) is 3. The van der Waals surface area contributed by atoms with Crippen molar-refractivity contribution in [2.24, 2.45) is 0 Å². The minimum absolute atomic E-state index is 0.0110. The number of ether oxygens (including phenoxy) is 3. The maximum absolute atomic E-state index is 12.9. The Morgan fingerprint density at radius 3 is 1.79 bits per heavy atom. The molecule has 1 aromatic carbocycles. The molecule has 1 aliphatic heterocycles. The van der Waals surface area contributed by atoms with Crippen molar-refractivity contribution in [1.29, 1.82) is 0 Å². The Kier molecular flexibility index (Phi) is 11.4. The summed E-state index contributed by atoms with van der Waals surface area (Å²) in [6.07, 6.45) is -5.74. The molecule has 3 rings (SSSR count). The van der Waals surface area contributed by atoms with Crippen LogP contribution in [0.1, 0.15) is 67.9 Å². The summed E-state index contributed by atoms with van der Waals surface area (Å²) in [5.41, 5.74) is 0.471. The fourth-order valence-electron chi connectivity index (χ4n) is 6.02. The van der Waals surface area contributed by atoms with E-state index in [-0.39, 0.29) is 33.7 Å². The highest BCUT2D eigenvalue weighted by atomic mass is 28.5. The van der Waals surface area contributed by atoms with Gasteiger partial charge in [-0.2, -0.15) is 0 Å². The van der Waals surface area contributed by atoms with Crippen LogP contribution in [0.4, 0.5) is 0 Å². The molecule has 43 heavy (non-hydrogen) atoms. The molecule has 3 N–H and O–H groups in total. The topological polar surface area (TPSA) is 150 Å². The number of aliphatic hydroxyl groups is 3. The van der Waals surface area contributed by atoms with E-state index in [0.717, 1.165) is 6.08 Å². The Morgan fingerprint density at radius 2 is 1.33 bits per heavy atom. The Morgan fingerprint density at radius 1 is 0.814 bits per heavy atom. The molecule has 11 nitrogen and oxygen atoms in total. The monoisotopic (exact) mass is 640 g/mol. The van der Waals surface area contributed by atoms with Gasteiger partial charge in [-0.15, -0.1) is 0 Å². The molecule has 0 aromatic heterocycles. The molecule has 0 amide bonds. The lowest BCUT2D eigenvalue weighted by molar-refractivity contribution is -0.224. The number of esters is 2. The Bertz CT molecular complexity index is 1150. The molecule has 1 aliphatic carbocycles. The number of aliphatic hydroxyl groups excluding tert-OH is 3. The fraction of sp³-hybridized carbons (Fsp3) is 0.667. The number of carbonyl (C=O) groups is 2. The van der Waals surface area contributed by atoms with Gasteiger partial charge in [0.2, 0.25) is 0 Å². The zero-order chi connectivity index (χ0) is 32.4. The third-order valence-electron chi connectivity index (χ3n) is 8.30. The summed E-state index contributed by atoms with van der Waals surface area (Å²) in [7, 11) is -4.78. The van der Waals surface area contributed by atoms with Gasteiger partial charge < -0.3 is 42.5 Å². The van der Waals surface area contributed by atoms with Gasteiger partial charge in [0.05, 0.1) is 7.11 Å². The van der Waals surface area contributed by atoms with E-state index in [0.29, 0.717) is 5.56 Å². The average Bonchev–Trinajstić information content (AvgIpc) is 3.11. The number of benzene rings is 1. The van der Waals surface area contributed by atoms with Crippen molar-refractivity contribution >= 4 is 35.1 Å². The summed E-state index contributed by atoms with van der Waals surface area (Å²) in [4.78, 5) is 24.2. The zero-order valence-corrected chi connectivity index (χ0v) is 28.8. The van der Waals surface area contributed by atoms with Crippen molar-refractivity contribution in [3.8, 4) is 11.5 Å². The molecular weight excluding hydrogens is 592 g/mol. The highest BCUT2D eigenvalue weighted by Crippen LogP contribution is 2.49. The van der Waals surface area contributed by atoms with Crippen LogP contribution >= 0.6 is 0 Å². The van der Waals surface area contributed by atoms with Crippen LogP contribution in [0.15, 0.2) is 24.3 Å². The van der Waals surface area contributed by atoms with Crippen LogP contribution in [0.5, 0.6) is 11.5 Å². The molecule has 2 fully saturated rings. The van der Waals surface area contributed by atoms with Crippen LogP contribution < -0.4 is 9.47 Å². The quantitative estimate of drug-likeness (QED) is 0.156. The molecular formula is C30H48O11Si2. The lowest BCUT2D eigenvalue weighted by atomic mass is 9.85. The van der Waals surface area contributed by atoms with Gasteiger partial charge in [0.1, 0.15) is 30.5 Å². The Balaban J connectivity index is 1.92. The third-order valence-corrected chi connectivity index (χ3v) is 18.6. The van der Waals surface area contributed by atoms with E-state index in [1.165, 1.54) is 26.2 Å². The van der Waals surface area contributed by atoms with Crippen molar-refractivity contribution in [3.63, 3.8) is 0 Å². The van der Waals surface area contributed by atoms with Gasteiger partial charge in [0, 0.05) is 13.0 Å². The Hall–Kier alpha value is -2.11. The SMILES string of the molecule is COc1cc(/C=C/C(=O)O[C@H]2[C@@H](O)[C@H]3O[Si](C(C)C)(C(C)C)O[Si](C(C)C)(C(C)C)O[C@@H]3[C@@H](O)[C@@H]2O)ccc1OC(C)=O. The average molecular weight is 641 g/mol. The van der Waals surface area contributed by atoms with Crippen LogP contribution in [0.3, 0.4) is 0 Å². The number of hydrogen-bond acceptors (Lipinski definition) is 11. The summed E-state index contributed by atoms with van der Waals surface area (Å²) in [6.45, 7) is 17.5. The summed E-state index contributed by atoms with van der Waals surface area (Å²) in [5.74, 6) is -0.842. The number of rotatable bonds is 9. The highest BCUT2D eigenvalue weighted by molar-refractivity contribution is 6.84. The molecule has 0 unspecified atom stereocenters. The van der Waals surface area contributed by atoms with Crippen molar-refractivity contribution in [2.45, 2.75) is 121 Å². The van der Waals surface area contributed by atoms with Gasteiger partial charge in [0.25, 0.3) is 0 Å². The first-order valence-corrected chi connectivity index (χ1v) is 18.8. The second kappa shape index (κ2) is 13.9. The van der Waals surface area contributed by atoms with E-state index >= 15 is 0 Å². The summed E-state index contributed by atoms with van der Waals surface area (Å²) < 4.78 is 36.4. The Labute approximate surface area is 256 Å². The van der Waals surface area contributed by atoms with Crippen molar-refractivity contribution in [2.75, 3.05) is 7.11 Å². The van der Waals surface area contributed by atoms with Crippen LogP contribution in [0, 0.1) is 0 Å². The number of fused-ring (bicyclic) bond motifs is 1. The first-order valence-electron chi connectivity index (χ1n) is 14.9. The van der Waals surface area contributed by atoms with E-state index in [2.05, 4.69) is 0 Å². The van der Waals surface area contributed by atoms with E-state index < -0.39 is 65.7 Å². The number of methoxy groups -OCH3 is 1. The zero-order valence-electron chi connectivity index (χ0n) is 26.8. The lowest BCUT2D eigenvalue weighted by Crippen LogP contribution is -2.67. The summed E-state index contributed by atoms with van der Waals surface area (Å²) in [6, 6.07) is 4.71. The molecule has 242 valence electrons. The van der Waals surface area contributed by atoms with Crippen LogP contribution in [0.25, 0.3) is 6.08 Å². The maximum atomic E-state index is 12.9. The molecule has 0 spiro atoms. The largest absolute Gasteiger partial charge is 0.493 e. The van der Waals surface area contributed by atoms with Crippen molar-refractivity contribution in [3.05, 3.63) is 29.8 Å². The molecule has 0 bridgehead atoms. The van der Waals surface area contributed by atoms with Crippen molar-refractivity contribution < 1.29 is 52.1 Å². The first kappa shape index (κ1) is 35.4. The van der Waals surface area contributed by atoms with Crippen LogP contribution in [-0.4, -0.2) is 88.1 Å². The normalized spacial score (nSPS) is 28.7. The first-order chi connectivity index (χ1) is 20.0.